The Bertz CT molecular complexity index is 2950. The molecule has 0 aliphatic carbocycles. The van der Waals surface area contributed by atoms with E-state index in [-0.39, 0.29) is 5.91 Å². The van der Waals surface area contributed by atoms with Crippen LogP contribution in [-0.2, 0) is 0 Å². The van der Waals surface area contributed by atoms with Gasteiger partial charge in [-0.25, -0.2) is 9.97 Å². The zero-order valence-electron chi connectivity index (χ0n) is 33.8. The van der Waals surface area contributed by atoms with Gasteiger partial charge >= 0.3 is 0 Å². The topological polar surface area (TPSA) is 96.2 Å². The van der Waals surface area contributed by atoms with Crippen molar-refractivity contribution in [1.29, 1.82) is 0 Å². The molecule has 8 heterocycles. The maximum absolute atomic E-state index is 13.1. The van der Waals surface area contributed by atoms with Gasteiger partial charge in [-0.15, -0.1) is 0 Å². The minimum absolute atomic E-state index is 0.153. The number of hydrogen-bond acceptors (Lipinski definition) is 6. The predicted molar refractivity (Wildman–Crippen MR) is 248 cm³/mol. The van der Waals surface area contributed by atoms with E-state index < -0.39 is 0 Å². The van der Waals surface area contributed by atoms with Crippen molar-refractivity contribution in [3.05, 3.63) is 179 Å². The van der Waals surface area contributed by atoms with Crippen LogP contribution in [0.4, 0.5) is 5.69 Å². The van der Waals surface area contributed by atoms with E-state index in [1.165, 1.54) is 5.57 Å². The summed E-state index contributed by atoms with van der Waals surface area (Å²) in [5, 5.41) is 3.06. The van der Waals surface area contributed by atoms with Gasteiger partial charge in [0.2, 0.25) is 0 Å². The van der Waals surface area contributed by atoms with Gasteiger partial charge in [0, 0.05) is 96.3 Å². The molecular weight excluding hydrogens is 741 g/mol. The fourth-order valence-corrected chi connectivity index (χ4v) is 8.56. The third-order valence-electron chi connectivity index (χ3n) is 11.4. The number of anilines is 1. The average molecular weight is 785 g/mol. The number of aromatic amines is 2. The van der Waals surface area contributed by atoms with E-state index in [1.54, 1.807) is 0 Å². The molecule has 0 atom stereocenters. The fourth-order valence-electron chi connectivity index (χ4n) is 8.56. The first-order valence-corrected chi connectivity index (χ1v) is 20.2. The van der Waals surface area contributed by atoms with Crippen LogP contribution < -0.4 is 5.32 Å². The van der Waals surface area contributed by atoms with Gasteiger partial charge in [0.15, 0.2) is 0 Å². The lowest BCUT2D eigenvalue weighted by Gasteiger charge is -2.21. The van der Waals surface area contributed by atoms with Crippen molar-refractivity contribution >= 4 is 74.7 Å². The summed E-state index contributed by atoms with van der Waals surface area (Å²) in [5.41, 5.74) is 17.3. The van der Waals surface area contributed by atoms with Crippen molar-refractivity contribution in [2.75, 3.05) is 46.1 Å². The second kappa shape index (κ2) is 15.3. The molecule has 0 spiro atoms. The monoisotopic (exact) mass is 784 g/mol. The summed E-state index contributed by atoms with van der Waals surface area (Å²) in [7, 11) is 6.29. The first kappa shape index (κ1) is 36.7. The summed E-state index contributed by atoms with van der Waals surface area (Å²) < 4.78 is 0. The molecule has 3 N–H and O–H groups in total. The van der Waals surface area contributed by atoms with Gasteiger partial charge < -0.3 is 30.0 Å². The van der Waals surface area contributed by atoms with Crippen molar-refractivity contribution in [1.82, 2.24) is 34.6 Å². The normalized spacial score (nSPS) is 15.7. The Morgan fingerprint density at radius 3 is 1.33 bits per heavy atom. The van der Waals surface area contributed by atoms with Crippen molar-refractivity contribution in [2.45, 2.75) is 0 Å². The van der Waals surface area contributed by atoms with Gasteiger partial charge in [0.25, 0.3) is 5.91 Å². The number of amides is 1. The molecule has 9 heteroatoms. The molecule has 1 amide bonds. The largest absolute Gasteiger partial charge is 0.376 e. The maximum atomic E-state index is 13.1. The zero-order valence-corrected chi connectivity index (χ0v) is 33.8. The van der Waals surface area contributed by atoms with Crippen LogP contribution in [0.5, 0.6) is 0 Å². The third-order valence-corrected chi connectivity index (χ3v) is 11.4. The highest BCUT2D eigenvalue weighted by Crippen LogP contribution is 2.37. The molecule has 3 aromatic heterocycles. The standard InChI is InChI=1S/C51H44N8O/c1-57-27-7-12-35(30-57)48-41-21-19-39(53-41)47(33-15-17-38(18-16-33)52-51(60)34-10-5-4-6-11-34)40-20-22-42(54-40)49(36-13-8-28-58(2)31-36)44-24-26-46(56-44)50(45-25-23-43(48)55-45)37-14-9-29-59(3)32-37/h4-29,53,56H,30-32H2,1-3H3,(H,52,60). The molecule has 5 aliphatic rings. The molecule has 2 aromatic carbocycles. The second-order valence-corrected chi connectivity index (χ2v) is 15.7. The molecule has 9 nitrogen and oxygen atoms in total. The van der Waals surface area contributed by atoms with Crippen LogP contribution in [-0.4, -0.2) is 81.3 Å². The molecule has 0 unspecified atom stereocenters. The highest BCUT2D eigenvalue weighted by atomic mass is 16.1. The van der Waals surface area contributed by atoms with E-state index in [2.05, 4.69) is 167 Å². The summed E-state index contributed by atoms with van der Waals surface area (Å²) >= 11 is 0. The van der Waals surface area contributed by atoms with E-state index in [4.69, 9.17) is 9.97 Å². The lowest BCUT2D eigenvalue weighted by molar-refractivity contribution is 0.102. The highest BCUT2D eigenvalue weighted by molar-refractivity contribution is 6.04. The van der Waals surface area contributed by atoms with Gasteiger partial charge in [-0.3, -0.25) is 4.79 Å². The lowest BCUT2D eigenvalue weighted by atomic mass is 10.0. The molecule has 294 valence electrons. The van der Waals surface area contributed by atoms with Gasteiger partial charge in [-0.05, 0) is 132 Å². The first-order valence-electron chi connectivity index (χ1n) is 20.2. The van der Waals surface area contributed by atoms with Crippen molar-refractivity contribution in [2.24, 2.45) is 0 Å². The van der Waals surface area contributed by atoms with Gasteiger partial charge in [-0.2, -0.15) is 0 Å². The molecule has 0 radical (unpaired) electrons. The summed E-state index contributed by atoms with van der Waals surface area (Å²) in [5.74, 6) is -0.153. The molecule has 5 aromatic rings. The van der Waals surface area contributed by atoms with E-state index >= 15 is 0 Å². The van der Waals surface area contributed by atoms with Gasteiger partial charge in [-0.1, -0.05) is 48.6 Å². The van der Waals surface area contributed by atoms with Crippen LogP contribution >= 0.6 is 0 Å². The van der Waals surface area contributed by atoms with Gasteiger partial charge in [0.1, 0.15) is 0 Å². The Kier molecular flexibility index (Phi) is 9.33. The predicted octanol–water partition coefficient (Wildman–Crippen LogP) is 10.1. The molecule has 5 aliphatic heterocycles. The Morgan fingerprint density at radius 1 is 0.517 bits per heavy atom. The Hall–Kier alpha value is -7.65. The Balaban J connectivity index is 1.26. The minimum atomic E-state index is -0.153. The second-order valence-electron chi connectivity index (χ2n) is 15.7. The number of carbonyl (C=O) groups excluding carboxylic acids is 1. The Morgan fingerprint density at radius 2 is 0.917 bits per heavy atom. The molecular formula is C51H44N8O. The highest BCUT2D eigenvalue weighted by Gasteiger charge is 2.22. The van der Waals surface area contributed by atoms with Crippen LogP contribution in [0.1, 0.15) is 49.8 Å². The number of nitrogens with zero attached hydrogens (tertiary/aromatic N) is 5. The van der Waals surface area contributed by atoms with Crippen LogP contribution in [0.15, 0.2) is 134 Å². The lowest BCUT2D eigenvalue weighted by Crippen LogP contribution is -2.17. The number of nitrogens with one attached hydrogen (secondary N) is 3. The molecule has 0 fully saturated rings. The summed E-state index contributed by atoms with van der Waals surface area (Å²) in [6.07, 6.45) is 27.7. The Labute approximate surface area is 349 Å². The van der Waals surface area contributed by atoms with E-state index in [0.29, 0.717) is 11.3 Å². The maximum Gasteiger partial charge on any atom is 0.255 e. The smallest absolute Gasteiger partial charge is 0.255 e. The van der Waals surface area contributed by atoms with Crippen LogP contribution in [0.25, 0.3) is 74.2 Å². The van der Waals surface area contributed by atoms with Crippen LogP contribution in [0.2, 0.25) is 0 Å². The quantitative estimate of drug-likeness (QED) is 0.155. The number of rotatable bonds is 6. The van der Waals surface area contributed by atoms with Crippen LogP contribution in [0, 0.1) is 0 Å². The molecule has 0 saturated heterocycles. The van der Waals surface area contributed by atoms with Crippen molar-refractivity contribution < 1.29 is 4.79 Å². The van der Waals surface area contributed by atoms with Gasteiger partial charge in [0.05, 0.1) is 22.8 Å². The number of aromatic nitrogens is 4. The fraction of sp³-hybridized carbons (Fsp3) is 0.118. The van der Waals surface area contributed by atoms with Crippen LogP contribution in [0.3, 0.4) is 0 Å². The number of fused-ring (bicyclic) bond motifs is 8. The average Bonchev–Trinajstić information content (AvgIpc) is 4.10. The van der Waals surface area contributed by atoms with Crippen molar-refractivity contribution in [3.63, 3.8) is 0 Å². The number of carbonyl (C=O) groups is 1. The number of hydrogen-bond donors (Lipinski definition) is 3. The van der Waals surface area contributed by atoms with E-state index in [0.717, 1.165) is 103 Å². The number of benzene rings is 2. The SMILES string of the molecule is CN1C=CC=C(c2c3nc(c(C4=CC=CN(C)C4)c4ccc([nH]4)c(-c4ccc(NC(=O)c5ccccc5)cc4)c4nc(c(C5=CC=CN(C)C5)c5ccc2[nH]5)C=C4)C=C3)C1. The number of likely N-dealkylation sites (N-methyl/N-ethyl adjacent to an activating group) is 3. The third kappa shape index (κ3) is 7.00. The number of H-pyrrole nitrogens is 2. The molecule has 60 heavy (non-hydrogen) atoms. The molecule has 0 saturated carbocycles. The summed E-state index contributed by atoms with van der Waals surface area (Å²) in [6.45, 7) is 2.22. The molecule has 10 rings (SSSR count). The minimum Gasteiger partial charge on any atom is -0.376 e. The summed E-state index contributed by atoms with van der Waals surface area (Å²) in [4.78, 5) is 38.3. The van der Waals surface area contributed by atoms with E-state index in [1.807, 2.05) is 42.5 Å². The van der Waals surface area contributed by atoms with E-state index in [9.17, 15) is 4.79 Å². The number of allylic oxidation sites excluding steroid dienone is 6. The zero-order chi connectivity index (χ0) is 40.7. The van der Waals surface area contributed by atoms with Crippen molar-refractivity contribution in [3.8, 4) is 11.1 Å². The molecule has 8 bridgehead atoms. The first-order chi connectivity index (χ1) is 29.3. The summed E-state index contributed by atoms with van der Waals surface area (Å²) in [6, 6.07) is 25.9.